The molecule has 0 atom stereocenters. The second-order valence-corrected chi connectivity index (χ2v) is 2.87. The van der Waals surface area contributed by atoms with Crippen LogP contribution in [-0.2, 0) is 6.54 Å². The molecule has 0 spiro atoms. The Morgan fingerprint density at radius 3 is 2.80 bits per heavy atom. The van der Waals surface area contributed by atoms with Crippen molar-refractivity contribution >= 4 is 22.6 Å². The Morgan fingerprint density at radius 1 is 1.60 bits per heavy atom. The molecule has 0 bridgehead atoms. The normalized spacial score (nSPS) is 9.90. The second-order valence-electron chi connectivity index (χ2n) is 1.77. The molecule has 2 nitrogen and oxygen atoms in total. The van der Waals surface area contributed by atoms with E-state index in [1.165, 1.54) is 6.07 Å². The first kappa shape index (κ1) is 7.87. The van der Waals surface area contributed by atoms with Gasteiger partial charge in [-0.3, -0.25) is 0 Å². The molecule has 4 heteroatoms. The summed E-state index contributed by atoms with van der Waals surface area (Å²) >= 11 is 2.01. The van der Waals surface area contributed by atoms with Crippen molar-refractivity contribution in [1.29, 1.82) is 0 Å². The van der Waals surface area contributed by atoms with E-state index in [0.717, 1.165) is 3.70 Å². The summed E-state index contributed by atoms with van der Waals surface area (Å²) in [6.07, 6.45) is 0. The van der Waals surface area contributed by atoms with Gasteiger partial charge in [-0.25, -0.2) is 9.37 Å². The molecule has 0 amide bonds. The van der Waals surface area contributed by atoms with Crippen LogP contribution < -0.4 is 5.73 Å². The summed E-state index contributed by atoms with van der Waals surface area (Å²) in [5, 5.41) is 0. The third-order valence-corrected chi connectivity index (χ3v) is 1.68. The van der Waals surface area contributed by atoms with E-state index in [1.54, 1.807) is 6.07 Å². The minimum absolute atomic E-state index is 0.155. The molecule has 0 aliphatic rings. The maximum Gasteiger partial charge on any atom is 0.146 e. The van der Waals surface area contributed by atoms with E-state index >= 15 is 0 Å². The van der Waals surface area contributed by atoms with Crippen LogP contribution in [0.4, 0.5) is 4.39 Å². The van der Waals surface area contributed by atoms with Crippen LogP contribution in [-0.4, -0.2) is 4.98 Å². The number of nitrogens with two attached hydrogens (primary N) is 1. The van der Waals surface area contributed by atoms with E-state index in [0.29, 0.717) is 5.69 Å². The van der Waals surface area contributed by atoms with Crippen molar-refractivity contribution in [3.8, 4) is 0 Å². The van der Waals surface area contributed by atoms with Gasteiger partial charge in [-0.15, -0.1) is 0 Å². The number of hydrogen-bond acceptors (Lipinski definition) is 2. The molecule has 1 rings (SSSR count). The van der Waals surface area contributed by atoms with Crippen LogP contribution in [0.1, 0.15) is 5.69 Å². The molecule has 54 valence electrons. The summed E-state index contributed by atoms with van der Waals surface area (Å²) in [6, 6.07) is 2.98. The van der Waals surface area contributed by atoms with Crippen LogP contribution in [0.3, 0.4) is 0 Å². The van der Waals surface area contributed by atoms with E-state index in [-0.39, 0.29) is 12.4 Å². The number of halogens is 2. The molecule has 0 radical (unpaired) electrons. The van der Waals surface area contributed by atoms with Gasteiger partial charge in [0, 0.05) is 6.54 Å². The Balaban J connectivity index is 3.09. The van der Waals surface area contributed by atoms with Crippen molar-refractivity contribution in [3.05, 3.63) is 27.3 Å². The number of nitrogens with zero attached hydrogens (tertiary/aromatic N) is 1. The molecule has 0 aliphatic carbocycles. The Labute approximate surface area is 71.8 Å². The molecule has 0 saturated heterocycles. The van der Waals surface area contributed by atoms with E-state index < -0.39 is 0 Å². The highest BCUT2D eigenvalue weighted by Crippen LogP contribution is 2.06. The Hall–Kier alpha value is -0.230. The summed E-state index contributed by atoms with van der Waals surface area (Å²) in [4.78, 5) is 3.88. The van der Waals surface area contributed by atoms with E-state index in [1.807, 2.05) is 22.6 Å². The lowest BCUT2D eigenvalue weighted by molar-refractivity contribution is 0.598. The van der Waals surface area contributed by atoms with Gasteiger partial charge in [0.25, 0.3) is 0 Å². The fraction of sp³-hybridized carbons (Fsp3) is 0.167. The molecule has 1 heterocycles. The Morgan fingerprint density at radius 2 is 2.30 bits per heavy atom. The van der Waals surface area contributed by atoms with Gasteiger partial charge < -0.3 is 5.73 Å². The monoisotopic (exact) mass is 252 g/mol. The van der Waals surface area contributed by atoms with Crippen LogP contribution in [0, 0.1) is 9.52 Å². The maximum absolute atomic E-state index is 12.6. The van der Waals surface area contributed by atoms with E-state index in [4.69, 9.17) is 5.73 Å². The maximum atomic E-state index is 12.6. The number of pyridine rings is 1. The molecule has 0 aliphatic heterocycles. The van der Waals surface area contributed by atoms with Gasteiger partial charge in [0.2, 0.25) is 0 Å². The predicted octanol–water partition coefficient (Wildman–Crippen LogP) is 1.28. The molecule has 2 N–H and O–H groups in total. The van der Waals surface area contributed by atoms with E-state index in [9.17, 15) is 4.39 Å². The smallest absolute Gasteiger partial charge is 0.146 e. The molecular weight excluding hydrogens is 246 g/mol. The van der Waals surface area contributed by atoms with E-state index in [2.05, 4.69) is 4.98 Å². The number of aromatic nitrogens is 1. The Bertz CT molecular complexity index is 239. The van der Waals surface area contributed by atoms with Crippen molar-refractivity contribution in [3.63, 3.8) is 0 Å². The van der Waals surface area contributed by atoms with Crippen molar-refractivity contribution in [1.82, 2.24) is 4.98 Å². The van der Waals surface area contributed by atoms with Gasteiger partial charge in [-0.05, 0) is 34.7 Å². The zero-order valence-corrected chi connectivity index (χ0v) is 7.30. The van der Waals surface area contributed by atoms with Crippen LogP contribution >= 0.6 is 22.6 Å². The van der Waals surface area contributed by atoms with Crippen LogP contribution in [0.25, 0.3) is 0 Å². The zero-order valence-electron chi connectivity index (χ0n) is 5.14. The SMILES string of the molecule is NCc1nc(I)ccc1F. The molecule has 1 aromatic rings. The van der Waals surface area contributed by atoms with Crippen LogP contribution in [0.5, 0.6) is 0 Å². The van der Waals surface area contributed by atoms with Crippen molar-refractivity contribution < 1.29 is 4.39 Å². The second kappa shape index (κ2) is 3.25. The first-order chi connectivity index (χ1) is 4.74. The summed E-state index contributed by atoms with van der Waals surface area (Å²) in [6.45, 7) is 0.155. The fourth-order valence-corrected chi connectivity index (χ4v) is 1.07. The first-order valence-corrected chi connectivity index (χ1v) is 3.83. The molecule has 0 unspecified atom stereocenters. The summed E-state index contributed by atoms with van der Waals surface area (Å²) < 4.78 is 13.4. The van der Waals surface area contributed by atoms with Gasteiger partial charge in [0.15, 0.2) is 0 Å². The quantitative estimate of drug-likeness (QED) is 0.604. The highest BCUT2D eigenvalue weighted by Gasteiger charge is 2.00. The molecule has 0 saturated carbocycles. The highest BCUT2D eigenvalue weighted by molar-refractivity contribution is 14.1. The van der Waals surface area contributed by atoms with Crippen molar-refractivity contribution in [2.45, 2.75) is 6.54 Å². The van der Waals surface area contributed by atoms with Gasteiger partial charge in [0.1, 0.15) is 9.52 Å². The fourth-order valence-electron chi connectivity index (χ4n) is 0.601. The molecular formula is C6H6FIN2. The molecule has 0 aromatic carbocycles. The van der Waals surface area contributed by atoms with Gasteiger partial charge in [-0.2, -0.15) is 0 Å². The zero-order chi connectivity index (χ0) is 7.56. The number of rotatable bonds is 1. The largest absolute Gasteiger partial charge is 0.325 e. The van der Waals surface area contributed by atoms with Gasteiger partial charge in [0.05, 0.1) is 5.69 Å². The Kier molecular flexibility index (Phi) is 2.56. The lowest BCUT2D eigenvalue weighted by atomic mass is 10.3. The van der Waals surface area contributed by atoms with Gasteiger partial charge in [-0.1, -0.05) is 0 Å². The summed E-state index contributed by atoms with van der Waals surface area (Å²) in [7, 11) is 0. The topological polar surface area (TPSA) is 38.9 Å². The standard InChI is InChI=1S/C6H6FIN2/c7-4-1-2-6(8)10-5(4)3-9/h1-2H,3,9H2. The molecule has 1 aromatic heterocycles. The number of hydrogen-bond donors (Lipinski definition) is 1. The average molecular weight is 252 g/mol. The summed E-state index contributed by atoms with van der Waals surface area (Å²) in [5.74, 6) is -0.331. The average Bonchev–Trinajstić information content (AvgIpc) is 1.94. The lowest BCUT2D eigenvalue weighted by Gasteiger charge is -1.97. The molecule has 0 fully saturated rings. The van der Waals surface area contributed by atoms with Crippen molar-refractivity contribution in [2.24, 2.45) is 5.73 Å². The lowest BCUT2D eigenvalue weighted by Crippen LogP contribution is -2.03. The summed E-state index contributed by atoms with van der Waals surface area (Å²) in [5.41, 5.74) is 5.54. The first-order valence-electron chi connectivity index (χ1n) is 2.75. The van der Waals surface area contributed by atoms with Crippen LogP contribution in [0.15, 0.2) is 12.1 Å². The van der Waals surface area contributed by atoms with Crippen LogP contribution in [0.2, 0.25) is 0 Å². The van der Waals surface area contributed by atoms with Gasteiger partial charge >= 0.3 is 0 Å². The highest BCUT2D eigenvalue weighted by atomic mass is 127. The third-order valence-electron chi connectivity index (χ3n) is 1.08. The molecule has 10 heavy (non-hydrogen) atoms. The van der Waals surface area contributed by atoms with Crippen molar-refractivity contribution in [2.75, 3.05) is 0 Å². The third kappa shape index (κ3) is 1.63. The predicted molar refractivity (Wildman–Crippen MR) is 44.8 cm³/mol. The minimum Gasteiger partial charge on any atom is -0.325 e. The minimum atomic E-state index is -0.331.